The third-order valence-electron chi connectivity index (χ3n) is 0. The van der Waals surface area contributed by atoms with Crippen LogP contribution in [0.3, 0.4) is 0 Å². The van der Waals surface area contributed by atoms with Crippen LogP contribution in [0.2, 0.25) is 0 Å². The van der Waals surface area contributed by atoms with Crippen molar-refractivity contribution in [1.82, 2.24) is 0 Å². The van der Waals surface area contributed by atoms with Crippen LogP contribution in [-0.4, -0.2) is 27.8 Å². The van der Waals surface area contributed by atoms with E-state index in [0.29, 0.717) is 0 Å². The fourth-order valence-corrected chi connectivity index (χ4v) is 0. The zero-order valence-electron chi connectivity index (χ0n) is 4.02. The molecule has 0 spiro atoms. The molecule has 0 radical (unpaired) electrons. The number of hydrogen-bond acceptors (Lipinski definition) is 0. The van der Waals surface area contributed by atoms with Crippen molar-refractivity contribution in [3.8, 4) is 0 Å². The summed E-state index contributed by atoms with van der Waals surface area (Å²) in [7, 11) is 20.2. The van der Waals surface area contributed by atoms with Gasteiger partial charge < -0.3 is 0 Å². The van der Waals surface area contributed by atoms with Gasteiger partial charge in [0.2, 0.25) is 0 Å². The van der Waals surface area contributed by atoms with Crippen molar-refractivity contribution in [2.75, 3.05) is 0 Å². The van der Waals surface area contributed by atoms with E-state index in [-0.39, 0.29) is 0 Å². The first-order chi connectivity index (χ1) is 4.00. The second-order valence-electron chi connectivity index (χ2n) is 0.857. The van der Waals surface area contributed by atoms with Crippen molar-refractivity contribution in [1.29, 1.82) is 0 Å². The van der Waals surface area contributed by atoms with E-state index in [9.17, 15) is 0 Å². The Morgan fingerprint density at radius 3 is 0.700 bits per heavy atom. The Morgan fingerprint density at radius 2 is 0.700 bits per heavy atom. The minimum atomic E-state index is -3.39. The topological polar surface area (TPSA) is 0 Å². The van der Waals surface area contributed by atoms with Gasteiger partial charge in [0.15, 0.2) is 0 Å². The van der Waals surface area contributed by atoms with Gasteiger partial charge >= 0.3 is 109 Å². The van der Waals surface area contributed by atoms with E-state index in [1.165, 1.54) is 0 Å². The van der Waals surface area contributed by atoms with Gasteiger partial charge in [-0.2, -0.15) is 0 Å². The fourth-order valence-electron chi connectivity index (χ4n) is 0. The minimum absolute atomic E-state index is 2.03. The van der Waals surface area contributed by atoms with Crippen molar-refractivity contribution in [3.63, 3.8) is 0 Å². The molecule has 0 heterocycles. The average Bonchev–Trinajstić information content (AvgIpc) is 1.12. The Hall–Kier alpha value is 4.92. The predicted octanol–water partition coefficient (Wildman–Crippen LogP) is 5.38. The van der Waals surface area contributed by atoms with E-state index < -0.39 is 27.8 Å². The summed E-state index contributed by atoms with van der Waals surface area (Å²) in [6.45, 7) is 0. The summed E-state index contributed by atoms with van der Waals surface area (Å²) in [5.41, 5.74) is 0. The summed E-state index contributed by atoms with van der Waals surface area (Å²) in [5.74, 6) is 0. The summed E-state index contributed by atoms with van der Waals surface area (Å²) in [5, 5.41) is 0. The van der Waals surface area contributed by atoms with Crippen LogP contribution in [0.15, 0.2) is 0 Å². The second kappa shape index (κ2) is 8.12. The molecule has 0 amide bonds. The van der Waals surface area contributed by atoms with Gasteiger partial charge in [0, 0.05) is 0 Å². The standard InChI is InChI=1S/4BrH.4ClH.2Pb/h8*1H;;/q;;;;;;;;2*+4/p-8. The van der Waals surface area contributed by atoms with Crippen LogP contribution in [-0.2, 0) is 0 Å². The molecule has 0 aliphatic rings. The van der Waals surface area contributed by atoms with Crippen molar-refractivity contribution in [2.24, 2.45) is 0 Å². The van der Waals surface area contributed by atoms with Gasteiger partial charge in [-0.15, -0.1) is 0 Å². The van der Waals surface area contributed by atoms with Crippen LogP contribution < -0.4 is 0 Å². The van der Waals surface area contributed by atoms with E-state index in [0.717, 1.165) is 0 Å². The Labute approximate surface area is 105 Å². The van der Waals surface area contributed by atoms with Crippen molar-refractivity contribution in [2.45, 2.75) is 0 Å². The SMILES string of the molecule is [Br][Pb]([Br])([Br])[Br].[Cl][Pb]([Cl])([Cl])[Cl]. The number of halogens is 8. The van der Waals surface area contributed by atoms with Crippen LogP contribution in [0, 0.1) is 0 Å². The molecule has 0 nitrogen and oxygen atoms in total. The Kier molecular flexibility index (Phi) is 14.1. The summed E-state index contributed by atoms with van der Waals surface area (Å²) < 4.78 is 0. The van der Waals surface area contributed by atoms with E-state index in [1.807, 2.05) is 0 Å². The van der Waals surface area contributed by atoms with Gasteiger partial charge in [0.05, 0.1) is 0 Å². The molecule has 0 unspecified atom stereocenters. The first kappa shape index (κ1) is 17.3. The van der Waals surface area contributed by atoms with E-state index in [2.05, 4.69) is 47.9 Å². The average molecular weight is 876 g/mol. The molecule has 0 saturated carbocycles. The third kappa shape index (κ3) is 75.8. The summed E-state index contributed by atoms with van der Waals surface area (Å²) in [6, 6.07) is 0. The Balaban J connectivity index is 0. The molecule has 0 aromatic rings. The number of rotatable bonds is 0. The molecule has 0 N–H and O–H groups in total. The molecule has 10 heavy (non-hydrogen) atoms. The molecule has 0 saturated heterocycles. The van der Waals surface area contributed by atoms with Gasteiger partial charge in [0.1, 0.15) is 0 Å². The molecule has 0 aromatic heterocycles. The zero-order valence-corrected chi connectivity index (χ0v) is 21.2. The monoisotopic (exact) mass is 872 g/mol. The van der Waals surface area contributed by atoms with Gasteiger partial charge in [-0.25, -0.2) is 0 Å². The molecular formula is Br4Cl4Pb2. The van der Waals surface area contributed by atoms with E-state index in [1.54, 1.807) is 0 Å². The third-order valence-corrected chi connectivity index (χ3v) is 0. The molecule has 0 fully saturated rings. The normalized spacial score (nSPS) is 12.0. The Morgan fingerprint density at radius 1 is 0.700 bits per heavy atom. The molecule has 0 rings (SSSR count). The zero-order chi connectivity index (χ0) is 9.00. The summed E-state index contributed by atoms with van der Waals surface area (Å²) in [6.07, 6.45) is 0. The van der Waals surface area contributed by atoms with Crippen LogP contribution in [0.1, 0.15) is 0 Å². The summed E-state index contributed by atoms with van der Waals surface area (Å²) in [4.78, 5) is 0. The quantitative estimate of drug-likeness (QED) is 0.288. The first-order valence-electron chi connectivity index (χ1n) is 1.51. The van der Waals surface area contributed by atoms with Gasteiger partial charge in [-0.05, 0) is 0 Å². The predicted molar refractivity (Wildman–Crippen MR) is 70.6 cm³/mol. The van der Waals surface area contributed by atoms with Crippen molar-refractivity contribution in [3.05, 3.63) is 0 Å². The van der Waals surface area contributed by atoms with Crippen LogP contribution in [0.4, 0.5) is 0 Å². The molecule has 64 valence electrons. The van der Waals surface area contributed by atoms with E-state index >= 15 is 0 Å². The van der Waals surface area contributed by atoms with Crippen molar-refractivity contribution >= 4 is 109 Å². The molecule has 10 heteroatoms. The molecule has 0 aliphatic carbocycles. The molecule has 0 aliphatic heterocycles. The molecule has 0 aromatic carbocycles. The van der Waals surface area contributed by atoms with Crippen LogP contribution >= 0.6 is 81.2 Å². The summed E-state index contributed by atoms with van der Waals surface area (Å²) >= 11 is 7.97. The van der Waals surface area contributed by atoms with Crippen LogP contribution in [0.25, 0.3) is 0 Å². The first-order valence-corrected chi connectivity index (χ1v) is 54.4. The molecule has 0 bridgehead atoms. The van der Waals surface area contributed by atoms with Crippen molar-refractivity contribution < 1.29 is 0 Å². The van der Waals surface area contributed by atoms with Gasteiger partial charge in [-0.3, -0.25) is 0 Å². The van der Waals surface area contributed by atoms with Gasteiger partial charge in [-0.1, -0.05) is 0 Å². The molecule has 0 atom stereocenters. The van der Waals surface area contributed by atoms with E-state index in [4.69, 9.17) is 33.3 Å². The second-order valence-corrected chi connectivity index (χ2v) is 135. The fraction of sp³-hybridized carbons (Fsp3) is 0. The number of hydrogen-bond donors (Lipinski definition) is 0. The maximum absolute atomic E-state index is 5.05. The van der Waals surface area contributed by atoms with Crippen LogP contribution in [0.5, 0.6) is 0 Å². The Bertz CT molecular complexity index is 58.2. The molecular weight excluding hydrogens is 876 g/mol. The maximum atomic E-state index is 5.05. The van der Waals surface area contributed by atoms with Gasteiger partial charge in [0.25, 0.3) is 0 Å².